The Balaban J connectivity index is 1.46. The smallest absolute Gasteiger partial charge is 0.368 e. The number of aryl methyl sites for hydroxylation is 3. The van der Waals surface area contributed by atoms with E-state index in [9.17, 15) is 4.79 Å². The van der Waals surface area contributed by atoms with Gasteiger partial charge in [-0.2, -0.15) is 9.36 Å². The maximum Gasteiger partial charge on any atom is 0.368 e. The second kappa shape index (κ2) is 10.6. The van der Waals surface area contributed by atoms with Crippen molar-refractivity contribution in [3.63, 3.8) is 0 Å². The van der Waals surface area contributed by atoms with Crippen LogP contribution < -0.4 is 10.4 Å². The summed E-state index contributed by atoms with van der Waals surface area (Å²) in [5.74, 6) is 0.740. The highest BCUT2D eigenvalue weighted by molar-refractivity contribution is 6.30. The highest BCUT2D eigenvalue weighted by atomic mass is 35.5. The Hall–Kier alpha value is -3.91. The Morgan fingerprint density at radius 1 is 1.00 bits per heavy atom. The number of oxime groups is 1. The van der Waals surface area contributed by atoms with Crippen LogP contribution in [-0.4, -0.2) is 25.5 Å². The van der Waals surface area contributed by atoms with Gasteiger partial charge in [-0.25, -0.2) is 4.79 Å². The number of aromatic nitrogens is 4. The van der Waals surface area contributed by atoms with E-state index in [2.05, 4.69) is 15.6 Å². The molecule has 8 nitrogen and oxygen atoms in total. The van der Waals surface area contributed by atoms with Gasteiger partial charge in [0.2, 0.25) is 0 Å². The van der Waals surface area contributed by atoms with Crippen LogP contribution in [0.15, 0.2) is 70.6 Å². The molecule has 35 heavy (non-hydrogen) atoms. The Bertz CT molecular complexity index is 1420. The number of hydrogen-bond acceptors (Lipinski definition) is 6. The van der Waals surface area contributed by atoms with Crippen LogP contribution in [0, 0.1) is 13.8 Å². The number of ether oxygens (including phenoxy) is 1. The average Bonchev–Trinajstić information content (AvgIpc) is 3.18. The number of hydrogen-bond donors (Lipinski definition) is 0. The standard InChI is InChI=1S/C26H26ClN5O3/c1-17-6-5-7-24(32-26(33)31(4)29-30-32)23(17)16-34-25-13-10-21(14-18(25)2)19(3)28-35-15-20-8-11-22(27)12-9-20/h5-14H,15-16H2,1-4H3/b28-19-. The van der Waals surface area contributed by atoms with Crippen molar-refractivity contribution in [3.8, 4) is 11.4 Å². The van der Waals surface area contributed by atoms with Gasteiger partial charge in [0.1, 0.15) is 19.0 Å². The topological polar surface area (TPSA) is 83.5 Å². The molecule has 0 aliphatic carbocycles. The number of benzene rings is 3. The molecular weight excluding hydrogens is 466 g/mol. The molecule has 4 aromatic rings. The van der Waals surface area contributed by atoms with Crippen LogP contribution in [-0.2, 0) is 25.1 Å². The van der Waals surface area contributed by atoms with Crippen LogP contribution in [0.25, 0.3) is 5.69 Å². The second-order valence-electron chi connectivity index (χ2n) is 8.22. The zero-order valence-corrected chi connectivity index (χ0v) is 20.8. The summed E-state index contributed by atoms with van der Waals surface area (Å²) in [5, 5.41) is 12.7. The van der Waals surface area contributed by atoms with Gasteiger partial charge in [-0.3, -0.25) is 0 Å². The molecule has 0 spiro atoms. The minimum atomic E-state index is -0.314. The molecule has 9 heteroatoms. The molecule has 0 N–H and O–H groups in total. The molecule has 0 radical (unpaired) electrons. The summed E-state index contributed by atoms with van der Waals surface area (Å²) in [5.41, 5.74) is 5.85. The van der Waals surface area contributed by atoms with E-state index < -0.39 is 0 Å². The van der Waals surface area contributed by atoms with E-state index in [0.29, 0.717) is 17.3 Å². The molecule has 0 bridgehead atoms. The zero-order valence-electron chi connectivity index (χ0n) is 20.0. The number of halogens is 1. The molecule has 1 heterocycles. The maximum atomic E-state index is 12.4. The SMILES string of the molecule is C/C(=N/OCc1ccc(Cl)cc1)c1ccc(OCc2c(C)cccc2-n2nnn(C)c2=O)c(C)c1. The zero-order chi connectivity index (χ0) is 24.9. The Morgan fingerprint density at radius 3 is 2.46 bits per heavy atom. The minimum Gasteiger partial charge on any atom is -0.489 e. The fraction of sp³-hybridized carbons (Fsp3) is 0.231. The molecule has 0 amide bonds. The maximum absolute atomic E-state index is 12.4. The van der Waals surface area contributed by atoms with E-state index in [1.807, 2.05) is 81.4 Å². The quantitative estimate of drug-likeness (QED) is 0.262. The number of tetrazole rings is 1. The van der Waals surface area contributed by atoms with Crippen molar-refractivity contribution in [3.05, 3.63) is 104 Å². The summed E-state index contributed by atoms with van der Waals surface area (Å²) in [6.45, 7) is 6.50. The van der Waals surface area contributed by atoms with Gasteiger partial charge in [-0.1, -0.05) is 41.0 Å². The van der Waals surface area contributed by atoms with Gasteiger partial charge in [0.25, 0.3) is 0 Å². The van der Waals surface area contributed by atoms with E-state index in [1.165, 1.54) is 9.36 Å². The summed E-state index contributed by atoms with van der Waals surface area (Å²) in [4.78, 5) is 17.9. The van der Waals surface area contributed by atoms with Gasteiger partial charge in [-0.05, 0) is 89.8 Å². The molecule has 180 valence electrons. The lowest BCUT2D eigenvalue weighted by Gasteiger charge is -2.15. The van der Waals surface area contributed by atoms with Gasteiger partial charge in [0.15, 0.2) is 0 Å². The van der Waals surface area contributed by atoms with Crippen LogP contribution in [0.3, 0.4) is 0 Å². The lowest BCUT2D eigenvalue weighted by molar-refractivity contribution is 0.130. The summed E-state index contributed by atoms with van der Waals surface area (Å²) in [6, 6.07) is 19.0. The summed E-state index contributed by atoms with van der Waals surface area (Å²) in [6.07, 6.45) is 0. The lowest BCUT2D eigenvalue weighted by Crippen LogP contribution is -2.23. The first-order valence-corrected chi connectivity index (χ1v) is 11.4. The first-order chi connectivity index (χ1) is 16.8. The molecule has 0 saturated carbocycles. The van der Waals surface area contributed by atoms with Crippen LogP contribution in [0.5, 0.6) is 5.75 Å². The normalized spacial score (nSPS) is 11.5. The van der Waals surface area contributed by atoms with E-state index in [4.69, 9.17) is 21.2 Å². The van der Waals surface area contributed by atoms with Gasteiger partial charge in [-0.15, -0.1) is 0 Å². The van der Waals surface area contributed by atoms with E-state index >= 15 is 0 Å². The van der Waals surface area contributed by atoms with Crippen molar-refractivity contribution in [1.29, 1.82) is 0 Å². The van der Waals surface area contributed by atoms with Crippen molar-refractivity contribution >= 4 is 17.3 Å². The average molecular weight is 492 g/mol. The first-order valence-electron chi connectivity index (χ1n) is 11.1. The van der Waals surface area contributed by atoms with Crippen molar-refractivity contribution in [2.24, 2.45) is 12.2 Å². The largest absolute Gasteiger partial charge is 0.489 e. The fourth-order valence-corrected chi connectivity index (χ4v) is 3.69. The third-order valence-corrected chi connectivity index (χ3v) is 5.90. The number of nitrogens with zero attached hydrogens (tertiary/aromatic N) is 5. The molecule has 0 unspecified atom stereocenters. The van der Waals surface area contributed by atoms with Gasteiger partial charge >= 0.3 is 5.69 Å². The highest BCUT2D eigenvalue weighted by Crippen LogP contribution is 2.24. The van der Waals surface area contributed by atoms with E-state index in [-0.39, 0.29) is 12.3 Å². The van der Waals surface area contributed by atoms with Crippen molar-refractivity contribution in [1.82, 2.24) is 19.8 Å². The van der Waals surface area contributed by atoms with Crippen molar-refractivity contribution < 1.29 is 9.57 Å². The molecule has 0 aliphatic rings. The molecular formula is C26H26ClN5O3. The first kappa shape index (κ1) is 24.2. The van der Waals surface area contributed by atoms with E-state index in [0.717, 1.165) is 39.3 Å². The van der Waals surface area contributed by atoms with Crippen molar-refractivity contribution in [2.45, 2.75) is 34.0 Å². The lowest BCUT2D eigenvalue weighted by atomic mass is 10.1. The van der Waals surface area contributed by atoms with E-state index in [1.54, 1.807) is 7.05 Å². The Labute approximate surface area is 208 Å². The van der Waals surface area contributed by atoms with Gasteiger partial charge < -0.3 is 9.57 Å². The molecule has 4 rings (SSSR count). The van der Waals surface area contributed by atoms with Crippen LogP contribution >= 0.6 is 11.6 Å². The van der Waals surface area contributed by atoms with Crippen LogP contribution in [0.4, 0.5) is 0 Å². The third-order valence-electron chi connectivity index (χ3n) is 5.65. The van der Waals surface area contributed by atoms with Gasteiger partial charge in [0, 0.05) is 17.6 Å². The van der Waals surface area contributed by atoms with Crippen LogP contribution in [0.1, 0.15) is 34.7 Å². The van der Waals surface area contributed by atoms with Crippen LogP contribution in [0.2, 0.25) is 5.02 Å². The molecule has 1 aromatic heterocycles. The molecule has 3 aromatic carbocycles. The predicted molar refractivity (Wildman–Crippen MR) is 135 cm³/mol. The minimum absolute atomic E-state index is 0.280. The molecule has 0 aliphatic heterocycles. The Morgan fingerprint density at radius 2 is 1.77 bits per heavy atom. The molecule has 0 saturated heterocycles. The fourth-order valence-electron chi connectivity index (χ4n) is 3.56. The van der Waals surface area contributed by atoms with Crippen molar-refractivity contribution in [2.75, 3.05) is 0 Å². The highest BCUT2D eigenvalue weighted by Gasteiger charge is 2.14. The number of rotatable bonds is 8. The van der Waals surface area contributed by atoms with Gasteiger partial charge in [0.05, 0.1) is 11.4 Å². The summed E-state index contributed by atoms with van der Waals surface area (Å²) in [7, 11) is 1.57. The molecule has 0 atom stereocenters. The Kier molecular flexibility index (Phi) is 7.31. The third kappa shape index (κ3) is 5.60. The molecule has 0 fully saturated rings. The predicted octanol–water partition coefficient (Wildman–Crippen LogP) is 4.76. The summed E-state index contributed by atoms with van der Waals surface area (Å²) < 4.78 is 8.62. The second-order valence-corrected chi connectivity index (χ2v) is 8.65. The summed E-state index contributed by atoms with van der Waals surface area (Å²) >= 11 is 5.91. The monoisotopic (exact) mass is 491 g/mol.